The highest BCUT2D eigenvalue weighted by Crippen LogP contribution is 2.31. The van der Waals surface area contributed by atoms with Crippen molar-refractivity contribution in [2.24, 2.45) is 16.3 Å². The van der Waals surface area contributed by atoms with Crippen molar-refractivity contribution < 1.29 is 13.6 Å². The van der Waals surface area contributed by atoms with Crippen LogP contribution in [0.3, 0.4) is 0 Å². The molecule has 1 aliphatic carbocycles. The first-order chi connectivity index (χ1) is 8.65. The first-order valence-corrected chi connectivity index (χ1v) is 8.22. The van der Waals surface area contributed by atoms with E-state index in [-0.39, 0.29) is 29.5 Å². The van der Waals surface area contributed by atoms with Crippen molar-refractivity contribution >= 4 is 15.9 Å². The van der Waals surface area contributed by atoms with Crippen LogP contribution in [0.25, 0.3) is 0 Å². The fraction of sp³-hybridized carbons (Fsp3) is 0.917. The molecule has 0 bridgehead atoms. The summed E-state index contributed by atoms with van der Waals surface area (Å²) < 4.78 is 26.2. The average molecular weight is 291 g/mol. The van der Waals surface area contributed by atoms with Gasteiger partial charge in [-0.1, -0.05) is 25.9 Å². The quantitative estimate of drug-likeness (QED) is 0.320. The van der Waals surface area contributed by atoms with Crippen LogP contribution >= 0.6 is 0 Å². The smallest absolute Gasteiger partial charge is 0.214 e. The van der Waals surface area contributed by atoms with Crippen LogP contribution in [0.1, 0.15) is 46.5 Å². The standard InChI is InChI=1S/C12H25N3O3S/c1-12(2,3)7-9-19(17,18)15(10-4-5-10)8-6-11(13)14-16/h10,16H,4-9H2,1-3H3,(H2,13,14). The number of oxime groups is 1. The van der Waals surface area contributed by atoms with Gasteiger partial charge >= 0.3 is 0 Å². The Labute approximate surface area is 115 Å². The second-order valence-electron chi connectivity index (χ2n) is 6.31. The molecule has 1 aliphatic rings. The third-order valence-electron chi connectivity index (χ3n) is 3.14. The minimum absolute atomic E-state index is 0.00608. The van der Waals surface area contributed by atoms with Crippen LogP contribution in [-0.4, -0.2) is 42.1 Å². The van der Waals surface area contributed by atoms with Crippen LogP contribution in [0.15, 0.2) is 5.16 Å². The molecule has 0 radical (unpaired) electrons. The molecule has 1 fully saturated rings. The molecule has 0 spiro atoms. The third kappa shape index (κ3) is 5.78. The molecule has 0 unspecified atom stereocenters. The molecule has 0 aliphatic heterocycles. The van der Waals surface area contributed by atoms with Gasteiger partial charge in [-0.15, -0.1) is 0 Å². The average Bonchev–Trinajstić information content (AvgIpc) is 3.09. The molecule has 19 heavy (non-hydrogen) atoms. The van der Waals surface area contributed by atoms with Gasteiger partial charge in [0.05, 0.1) is 5.75 Å². The molecule has 0 aromatic rings. The fourth-order valence-electron chi connectivity index (χ4n) is 1.74. The highest BCUT2D eigenvalue weighted by Gasteiger charge is 2.37. The summed E-state index contributed by atoms with van der Waals surface area (Å²) in [4.78, 5) is 0. The minimum atomic E-state index is -3.26. The summed E-state index contributed by atoms with van der Waals surface area (Å²) in [7, 11) is -3.26. The van der Waals surface area contributed by atoms with Crippen LogP contribution < -0.4 is 5.73 Å². The summed E-state index contributed by atoms with van der Waals surface area (Å²) >= 11 is 0. The Morgan fingerprint density at radius 3 is 2.42 bits per heavy atom. The Morgan fingerprint density at radius 2 is 2.00 bits per heavy atom. The van der Waals surface area contributed by atoms with E-state index in [0.717, 1.165) is 12.8 Å². The zero-order valence-corrected chi connectivity index (χ0v) is 12.8. The van der Waals surface area contributed by atoms with Crippen molar-refractivity contribution in [2.75, 3.05) is 12.3 Å². The van der Waals surface area contributed by atoms with Gasteiger partial charge in [0.15, 0.2) is 0 Å². The third-order valence-corrected chi connectivity index (χ3v) is 5.05. The van der Waals surface area contributed by atoms with Crippen LogP contribution in [0.5, 0.6) is 0 Å². The van der Waals surface area contributed by atoms with Crippen LogP contribution in [0.2, 0.25) is 0 Å². The maximum Gasteiger partial charge on any atom is 0.214 e. The van der Waals surface area contributed by atoms with Gasteiger partial charge in [-0.25, -0.2) is 8.42 Å². The molecular formula is C12H25N3O3S. The van der Waals surface area contributed by atoms with E-state index >= 15 is 0 Å². The van der Waals surface area contributed by atoms with Crippen molar-refractivity contribution in [3.63, 3.8) is 0 Å². The monoisotopic (exact) mass is 291 g/mol. The summed E-state index contributed by atoms with van der Waals surface area (Å²) in [5, 5.41) is 11.4. The number of nitrogens with zero attached hydrogens (tertiary/aromatic N) is 2. The zero-order valence-electron chi connectivity index (χ0n) is 12.0. The second-order valence-corrected chi connectivity index (χ2v) is 8.35. The SMILES string of the molecule is CC(C)(C)CCS(=O)(=O)N(CCC(N)=NO)C1CC1. The number of sulfonamides is 1. The maximum absolute atomic E-state index is 12.3. The van der Waals surface area contributed by atoms with Gasteiger partial charge in [0.1, 0.15) is 5.84 Å². The molecule has 112 valence electrons. The van der Waals surface area contributed by atoms with Crippen molar-refractivity contribution in [1.82, 2.24) is 4.31 Å². The van der Waals surface area contributed by atoms with E-state index in [0.29, 0.717) is 13.0 Å². The number of hydrogen-bond donors (Lipinski definition) is 2. The van der Waals surface area contributed by atoms with Gasteiger partial charge in [0.2, 0.25) is 10.0 Å². The molecule has 0 saturated heterocycles. The second kappa shape index (κ2) is 6.09. The summed E-state index contributed by atoms with van der Waals surface area (Å²) in [6, 6.07) is 0.108. The summed E-state index contributed by atoms with van der Waals surface area (Å²) in [5.74, 6) is 0.222. The summed E-state index contributed by atoms with van der Waals surface area (Å²) in [6.45, 7) is 6.38. The zero-order chi connectivity index (χ0) is 14.7. The van der Waals surface area contributed by atoms with Crippen molar-refractivity contribution in [1.29, 1.82) is 0 Å². The summed E-state index contributed by atoms with van der Waals surface area (Å²) in [5.41, 5.74) is 5.40. The van der Waals surface area contributed by atoms with E-state index in [1.54, 1.807) is 0 Å². The largest absolute Gasteiger partial charge is 0.409 e. The number of hydrogen-bond acceptors (Lipinski definition) is 4. The molecule has 0 aromatic carbocycles. The molecule has 0 amide bonds. The maximum atomic E-state index is 12.3. The van der Waals surface area contributed by atoms with Gasteiger partial charge in [-0.3, -0.25) is 0 Å². The molecule has 0 atom stereocenters. The summed E-state index contributed by atoms with van der Waals surface area (Å²) in [6.07, 6.45) is 2.71. The van der Waals surface area contributed by atoms with Crippen LogP contribution in [0.4, 0.5) is 0 Å². The number of nitrogens with two attached hydrogens (primary N) is 1. The van der Waals surface area contributed by atoms with Crippen LogP contribution in [-0.2, 0) is 10.0 Å². The highest BCUT2D eigenvalue weighted by atomic mass is 32.2. The van der Waals surface area contributed by atoms with Gasteiger partial charge in [-0.05, 0) is 24.7 Å². The van der Waals surface area contributed by atoms with E-state index in [4.69, 9.17) is 10.9 Å². The van der Waals surface area contributed by atoms with Crippen LogP contribution in [0, 0.1) is 5.41 Å². The topological polar surface area (TPSA) is 96.0 Å². The normalized spacial score (nSPS) is 18.0. The fourth-order valence-corrected chi connectivity index (χ4v) is 3.88. The van der Waals surface area contributed by atoms with Gasteiger partial charge in [0.25, 0.3) is 0 Å². The lowest BCUT2D eigenvalue weighted by Gasteiger charge is -2.24. The van der Waals surface area contributed by atoms with Gasteiger partial charge in [-0.2, -0.15) is 4.31 Å². The van der Waals surface area contributed by atoms with Crippen molar-refractivity contribution in [3.05, 3.63) is 0 Å². The lowest BCUT2D eigenvalue weighted by Crippen LogP contribution is -2.38. The Morgan fingerprint density at radius 1 is 1.42 bits per heavy atom. The highest BCUT2D eigenvalue weighted by molar-refractivity contribution is 7.89. The molecule has 7 heteroatoms. The Hall–Kier alpha value is -0.820. The van der Waals surface area contributed by atoms with E-state index in [1.807, 2.05) is 20.8 Å². The van der Waals surface area contributed by atoms with E-state index in [2.05, 4.69) is 5.16 Å². The Bertz CT molecular complexity index is 422. The Kier molecular flexibility index (Phi) is 5.20. The molecular weight excluding hydrogens is 266 g/mol. The number of amidine groups is 1. The van der Waals surface area contributed by atoms with Crippen molar-refractivity contribution in [3.8, 4) is 0 Å². The molecule has 1 saturated carbocycles. The Balaban J connectivity index is 2.64. The van der Waals surface area contributed by atoms with E-state index in [1.165, 1.54) is 4.31 Å². The predicted octanol–water partition coefficient (Wildman–Crippen LogP) is 1.35. The van der Waals surface area contributed by atoms with Gasteiger partial charge < -0.3 is 10.9 Å². The molecule has 0 heterocycles. The van der Waals surface area contributed by atoms with E-state index < -0.39 is 10.0 Å². The molecule has 1 rings (SSSR count). The predicted molar refractivity (Wildman–Crippen MR) is 75.6 cm³/mol. The van der Waals surface area contributed by atoms with Crippen molar-refractivity contribution in [2.45, 2.75) is 52.5 Å². The van der Waals surface area contributed by atoms with Gasteiger partial charge in [0, 0.05) is 19.0 Å². The lowest BCUT2D eigenvalue weighted by atomic mass is 9.94. The van der Waals surface area contributed by atoms with E-state index in [9.17, 15) is 8.42 Å². The molecule has 3 N–H and O–H groups in total. The first-order valence-electron chi connectivity index (χ1n) is 6.61. The number of rotatable bonds is 7. The minimum Gasteiger partial charge on any atom is -0.409 e. The lowest BCUT2D eigenvalue weighted by molar-refractivity contribution is 0.315. The molecule has 6 nitrogen and oxygen atoms in total. The molecule has 0 aromatic heterocycles. The first kappa shape index (κ1) is 16.2.